The number of nitrogens with one attached hydrogen (secondary N) is 1. The Balaban J connectivity index is 1.72. The van der Waals surface area contributed by atoms with Gasteiger partial charge in [0.1, 0.15) is 5.01 Å². The minimum atomic E-state index is -0.165. The average molecular weight is 389 g/mol. The Hall–Kier alpha value is -2.57. The van der Waals surface area contributed by atoms with Gasteiger partial charge >= 0.3 is 0 Å². The Kier molecular flexibility index (Phi) is 5.75. The molecule has 1 aromatic heterocycles. The first-order chi connectivity index (χ1) is 12.6. The quantitative estimate of drug-likeness (QED) is 0.667. The van der Waals surface area contributed by atoms with E-state index in [4.69, 9.17) is 21.1 Å². The molecular weight excluding hydrogens is 372 g/mol. The standard InChI is InChI=1S/C19H17ClN2O3S/c1-24-16-8-7-12(9-17(16)25-2)19-21-13(11-26-19)10-18(23)22-15-6-4-3-5-14(15)20/h3-9,11H,10H2,1-2H3,(H,22,23). The third-order valence-electron chi connectivity index (χ3n) is 3.67. The van der Waals surface area contributed by atoms with Crippen LogP contribution in [0.25, 0.3) is 10.6 Å². The van der Waals surface area contributed by atoms with Crippen LogP contribution >= 0.6 is 22.9 Å². The SMILES string of the molecule is COc1ccc(-c2nc(CC(=O)Nc3ccccc3Cl)cs2)cc1OC. The van der Waals surface area contributed by atoms with E-state index < -0.39 is 0 Å². The molecule has 0 aliphatic heterocycles. The van der Waals surface area contributed by atoms with Crippen molar-refractivity contribution >= 4 is 34.5 Å². The van der Waals surface area contributed by atoms with Gasteiger partial charge in [0.25, 0.3) is 0 Å². The molecule has 3 aromatic rings. The van der Waals surface area contributed by atoms with E-state index in [2.05, 4.69) is 10.3 Å². The third kappa shape index (κ3) is 4.15. The van der Waals surface area contributed by atoms with Crippen molar-refractivity contribution in [1.29, 1.82) is 0 Å². The van der Waals surface area contributed by atoms with Crippen LogP contribution in [-0.2, 0) is 11.2 Å². The van der Waals surface area contributed by atoms with Crippen LogP contribution in [0.2, 0.25) is 5.02 Å². The number of para-hydroxylation sites is 1. The van der Waals surface area contributed by atoms with E-state index in [1.807, 2.05) is 35.7 Å². The number of carbonyl (C=O) groups is 1. The number of halogens is 1. The molecule has 0 aliphatic rings. The van der Waals surface area contributed by atoms with Crippen molar-refractivity contribution in [2.45, 2.75) is 6.42 Å². The molecule has 3 rings (SSSR count). The summed E-state index contributed by atoms with van der Waals surface area (Å²) in [6.07, 6.45) is 0.176. The molecule has 0 radical (unpaired) electrons. The van der Waals surface area contributed by atoms with E-state index >= 15 is 0 Å². The lowest BCUT2D eigenvalue weighted by Gasteiger charge is -2.08. The number of benzene rings is 2. The number of hydrogen-bond donors (Lipinski definition) is 1. The first-order valence-electron chi connectivity index (χ1n) is 7.82. The van der Waals surface area contributed by atoms with Crippen molar-refractivity contribution in [3.63, 3.8) is 0 Å². The number of amides is 1. The molecule has 0 aliphatic carbocycles. The van der Waals surface area contributed by atoms with Crippen molar-refractivity contribution in [2.24, 2.45) is 0 Å². The van der Waals surface area contributed by atoms with Crippen molar-refractivity contribution < 1.29 is 14.3 Å². The van der Waals surface area contributed by atoms with Gasteiger partial charge in [-0.1, -0.05) is 23.7 Å². The van der Waals surface area contributed by atoms with Crippen LogP contribution in [0.3, 0.4) is 0 Å². The third-order valence-corrected chi connectivity index (χ3v) is 4.94. The van der Waals surface area contributed by atoms with Gasteiger partial charge in [-0.15, -0.1) is 11.3 Å². The Labute approximate surface area is 160 Å². The highest BCUT2D eigenvalue weighted by Gasteiger charge is 2.12. The fraction of sp³-hybridized carbons (Fsp3) is 0.158. The largest absolute Gasteiger partial charge is 0.493 e. The van der Waals surface area contributed by atoms with Crippen LogP contribution < -0.4 is 14.8 Å². The molecule has 0 saturated heterocycles. The predicted molar refractivity (Wildman–Crippen MR) is 104 cm³/mol. The number of aromatic nitrogens is 1. The van der Waals surface area contributed by atoms with Crippen LogP contribution in [0.5, 0.6) is 11.5 Å². The first kappa shape index (κ1) is 18.2. The molecule has 2 aromatic carbocycles. The molecule has 0 saturated carbocycles. The number of hydrogen-bond acceptors (Lipinski definition) is 5. The summed E-state index contributed by atoms with van der Waals surface area (Å²) in [7, 11) is 3.19. The highest BCUT2D eigenvalue weighted by molar-refractivity contribution is 7.13. The van der Waals surface area contributed by atoms with Crippen LogP contribution in [-0.4, -0.2) is 25.1 Å². The summed E-state index contributed by atoms with van der Waals surface area (Å²) < 4.78 is 10.6. The Bertz CT molecular complexity index is 927. The van der Waals surface area contributed by atoms with Crippen molar-refractivity contribution in [3.8, 4) is 22.1 Å². The Morgan fingerprint density at radius 3 is 2.65 bits per heavy atom. The van der Waals surface area contributed by atoms with Gasteiger partial charge in [-0.25, -0.2) is 4.98 Å². The first-order valence-corrected chi connectivity index (χ1v) is 9.07. The lowest BCUT2D eigenvalue weighted by molar-refractivity contribution is -0.115. The van der Waals surface area contributed by atoms with Crippen LogP contribution in [0, 0.1) is 0 Å². The van der Waals surface area contributed by atoms with Crippen LogP contribution in [0.4, 0.5) is 5.69 Å². The van der Waals surface area contributed by atoms with Crippen molar-refractivity contribution in [1.82, 2.24) is 4.98 Å². The number of nitrogens with zero attached hydrogens (tertiary/aromatic N) is 1. The van der Waals surface area contributed by atoms with Crippen LogP contribution in [0.1, 0.15) is 5.69 Å². The van der Waals surface area contributed by atoms with E-state index in [0.29, 0.717) is 27.9 Å². The highest BCUT2D eigenvalue weighted by Crippen LogP contribution is 2.33. The van der Waals surface area contributed by atoms with Gasteiger partial charge in [-0.2, -0.15) is 0 Å². The predicted octanol–water partition coefficient (Wildman–Crippen LogP) is 4.66. The summed E-state index contributed by atoms with van der Waals surface area (Å²) in [6, 6.07) is 12.7. The van der Waals surface area contributed by atoms with E-state index in [0.717, 1.165) is 10.6 Å². The van der Waals surface area contributed by atoms with Gasteiger partial charge in [-0.3, -0.25) is 4.79 Å². The second-order valence-corrected chi connectivity index (χ2v) is 6.68. The van der Waals surface area contributed by atoms with Gasteiger partial charge in [0.05, 0.1) is 37.0 Å². The second-order valence-electron chi connectivity index (χ2n) is 5.42. The normalized spacial score (nSPS) is 10.4. The number of anilines is 1. The molecule has 26 heavy (non-hydrogen) atoms. The fourth-order valence-corrected chi connectivity index (χ4v) is 3.41. The maximum atomic E-state index is 12.2. The Morgan fingerprint density at radius 1 is 1.15 bits per heavy atom. The number of rotatable bonds is 6. The molecule has 0 spiro atoms. The van der Waals surface area contributed by atoms with Crippen molar-refractivity contribution in [2.75, 3.05) is 19.5 Å². The summed E-state index contributed by atoms with van der Waals surface area (Å²) >= 11 is 7.53. The zero-order valence-corrected chi connectivity index (χ0v) is 15.9. The van der Waals surface area contributed by atoms with Gasteiger partial charge in [0, 0.05) is 10.9 Å². The Morgan fingerprint density at radius 2 is 1.92 bits per heavy atom. The molecule has 1 N–H and O–H groups in total. The number of methoxy groups -OCH3 is 2. The molecule has 1 amide bonds. The maximum Gasteiger partial charge on any atom is 0.230 e. The van der Waals surface area contributed by atoms with E-state index in [1.54, 1.807) is 26.4 Å². The zero-order valence-electron chi connectivity index (χ0n) is 14.3. The molecule has 0 unspecified atom stereocenters. The molecule has 0 fully saturated rings. The lowest BCUT2D eigenvalue weighted by atomic mass is 10.2. The molecule has 7 heteroatoms. The van der Waals surface area contributed by atoms with Crippen molar-refractivity contribution in [3.05, 3.63) is 58.6 Å². The minimum Gasteiger partial charge on any atom is -0.493 e. The molecular formula is C19H17ClN2O3S. The summed E-state index contributed by atoms with van der Waals surface area (Å²) in [5, 5.41) is 5.99. The molecule has 5 nitrogen and oxygen atoms in total. The van der Waals surface area contributed by atoms with E-state index in [9.17, 15) is 4.79 Å². The molecule has 134 valence electrons. The highest BCUT2D eigenvalue weighted by atomic mass is 35.5. The van der Waals surface area contributed by atoms with Crippen LogP contribution in [0.15, 0.2) is 47.8 Å². The summed E-state index contributed by atoms with van der Waals surface area (Å²) in [6.45, 7) is 0. The number of thiazole rings is 1. The lowest BCUT2D eigenvalue weighted by Crippen LogP contribution is -2.14. The maximum absolute atomic E-state index is 12.2. The average Bonchev–Trinajstić information content (AvgIpc) is 3.11. The monoisotopic (exact) mass is 388 g/mol. The second kappa shape index (κ2) is 8.21. The van der Waals surface area contributed by atoms with Gasteiger partial charge in [-0.05, 0) is 30.3 Å². The summed E-state index contributed by atoms with van der Waals surface area (Å²) in [5.74, 6) is 1.13. The smallest absolute Gasteiger partial charge is 0.230 e. The van der Waals surface area contributed by atoms with Gasteiger partial charge < -0.3 is 14.8 Å². The molecule has 0 bridgehead atoms. The number of carbonyl (C=O) groups excluding carboxylic acids is 1. The molecule has 0 atom stereocenters. The molecule has 1 heterocycles. The minimum absolute atomic E-state index is 0.165. The number of ether oxygens (including phenoxy) is 2. The van der Waals surface area contributed by atoms with Gasteiger partial charge in [0.15, 0.2) is 11.5 Å². The zero-order chi connectivity index (χ0) is 18.5. The topological polar surface area (TPSA) is 60.5 Å². The summed E-state index contributed by atoms with van der Waals surface area (Å²) in [5.41, 5.74) is 2.20. The van der Waals surface area contributed by atoms with E-state index in [1.165, 1.54) is 11.3 Å². The van der Waals surface area contributed by atoms with E-state index in [-0.39, 0.29) is 12.3 Å². The fourth-order valence-electron chi connectivity index (χ4n) is 2.41. The van der Waals surface area contributed by atoms with Gasteiger partial charge in [0.2, 0.25) is 5.91 Å². The summed E-state index contributed by atoms with van der Waals surface area (Å²) in [4.78, 5) is 16.8.